The smallest absolute Gasteiger partial charge is 0.410 e. The lowest BCUT2D eigenvalue weighted by atomic mass is 10.0. The van der Waals surface area contributed by atoms with Crippen LogP contribution in [-0.4, -0.2) is 29.7 Å². The van der Waals surface area contributed by atoms with Crippen LogP contribution in [-0.2, 0) is 4.74 Å². The van der Waals surface area contributed by atoms with Crippen LogP contribution < -0.4 is 0 Å². The number of carbonyl (C=O) groups excluding carboxylic acids is 1. The van der Waals surface area contributed by atoms with Gasteiger partial charge in [-0.3, -0.25) is 0 Å². The maximum absolute atomic E-state index is 12.1. The molecule has 3 nitrogen and oxygen atoms in total. The zero-order valence-corrected chi connectivity index (χ0v) is 14.4. The van der Waals surface area contributed by atoms with Gasteiger partial charge in [0, 0.05) is 17.6 Å². The number of hydrogen-bond donors (Lipinski definition) is 0. The van der Waals surface area contributed by atoms with Crippen molar-refractivity contribution in [2.45, 2.75) is 39.2 Å². The quantitative estimate of drug-likeness (QED) is 0.722. The van der Waals surface area contributed by atoms with Crippen molar-refractivity contribution in [3.05, 3.63) is 39.9 Å². The van der Waals surface area contributed by atoms with Crippen molar-refractivity contribution in [1.82, 2.24) is 4.90 Å². The highest BCUT2D eigenvalue weighted by atomic mass is 79.9. The number of rotatable bonds is 1. The molecule has 1 amide bonds. The highest BCUT2D eigenvalue weighted by molar-refractivity contribution is 9.10. The number of carbonyl (C=O) groups is 1. The number of amides is 1. The highest BCUT2D eigenvalue weighted by Gasteiger charge is 2.24. The van der Waals surface area contributed by atoms with Gasteiger partial charge >= 0.3 is 6.09 Å². The number of nitrogens with zero attached hydrogens (tertiary/aromatic N) is 1. The van der Waals surface area contributed by atoms with Crippen LogP contribution in [0.4, 0.5) is 4.79 Å². The Morgan fingerprint density at radius 3 is 2.81 bits per heavy atom. The number of halogens is 1. The lowest BCUT2D eigenvalue weighted by Crippen LogP contribution is -2.40. The van der Waals surface area contributed by atoms with E-state index < -0.39 is 5.60 Å². The summed E-state index contributed by atoms with van der Waals surface area (Å²) in [6.45, 7) is 7.11. The fraction of sp³-hybridized carbons (Fsp3) is 0.471. The molecule has 1 heterocycles. The summed E-state index contributed by atoms with van der Waals surface area (Å²) in [7, 11) is 0. The largest absolute Gasteiger partial charge is 0.444 e. The summed E-state index contributed by atoms with van der Waals surface area (Å²) in [5.41, 5.74) is 1.98. The number of likely N-dealkylation sites (tertiary alicyclic amines) is 1. The highest BCUT2D eigenvalue weighted by Crippen LogP contribution is 2.22. The maximum Gasteiger partial charge on any atom is 0.410 e. The van der Waals surface area contributed by atoms with Gasteiger partial charge in [0.2, 0.25) is 0 Å². The fourth-order valence-electron chi connectivity index (χ4n) is 2.33. The Balaban J connectivity index is 2.05. The third kappa shape index (κ3) is 5.20. The zero-order chi connectivity index (χ0) is 15.5. The molecule has 0 spiro atoms. The summed E-state index contributed by atoms with van der Waals surface area (Å²) >= 11 is 3.48. The van der Waals surface area contributed by atoms with Crippen molar-refractivity contribution < 1.29 is 9.53 Å². The molecule has 0 atom stereocenters. The number of piperidine rings is 1. The molecule has 1 fully saturated rings. The average Bonchev–Trinajstić information content (AvgIpc) is 2.37. The molecule has 2 rings (SSSR count). The monoisotopic (exact) mass is 351 g/mol. The van der Waals surface area contributed by atoms with E-state index in [0.717, 1.165) is 29.4 Å². The molecule has 114 valence electrons. The molecule has 1 aromatic rings. The molecule has 1 aliphatic heterocycles. The van der Waals surface area contributed by atoms with Crippen molar-refractivity contribution in [3.8, 4) is 0 Å². The molecule has 1 aromatic carbocycles. The van der Waals surface area contributed by atoms with E-state index in [4.69, 9.17) is 4.74 Å². The second kappa shape index (κ2) is 6.65. The van der Waals surface area contributed by atoms with Gasteiger partial charge in [-0.2, -0.15) is 0 Å². The van der Waals surface area contributed by atoms with Crippen molar-refractivity contribution >= 4 is 28.1 Å². The van der Waals surface area contributed by atoms with E-state index in [1.165, 1.54) is 5.57 Å². The van der Waals surface area contributed by atoms with Crippen molar-refractivity contribution in [2.24, 2.45) is 0 Å². The van der Waals surface area contributed by atoms with Gasteiger partial charge < -0.3 is 9.64 Å². The van der Waals surface area contributed by atoms with Crippen LogP contribution in [0.1, 0.15) is 39.2 Å². The molecule has 0 aliphatic carbocycles. The summed E-state index contributed by atoms with van der Waals surface area (Å²) in [4.78, 5) is 13.9. The molecule has 0 aromatic heterocycles. The van der Waals surface area contributed by atoms with Crippen LogP contribution in [0, 0.1) is 0 Å². The predicted molar refractivity (Wildman–Crippen MR) is 89.2 cm³/mol. The molecular weight excluding hydrogens is 330 g/mol. The van der Waals surface area contributed by atoms with Crippen LogP contribution >= 0.6 is 15.9 Å². The van der Waals surface area contributed by atoms with Gasteiger partial charge in [0.1, 0.15) is 5.60 Å². The van der Waals surface area contributed by atoms with Crippen molar-refractivity contribution in [3.63, 3.8) is 0 Å². The van der Waals surface area contributed by atoms with Crippen LogP contribution in [0.3, 0.4) is 0 Å². The van der Waals surface area contributed by atoms with Crippen LogP contribution in [0.5, 0.6) is 0 Å². The first-order valence-corrected chi connectivity index (χ1v) is 8.06. The topological polar surface area (TPSA) is 29.5 Å². The second-order valence-electron chi connectivity index (χ2n) is 6.36. The lowest BCUT2D eigenvalue weighted by Gasteiger charge is -2.31. The Bertz CT molecular complexity index is 546. The lowest BCUT2D eigenvalue weighted by molar-refractivity contribution is 0.0247. The van der Waals surface area contributed by atoms with Crippen molar-refractivity contribution in [2.75, 3.05) is 13.1 Å². The summed E-state index contributed by atoms with van der Waals surface area (Å²) in [6, 6.07) is 8.18. The molecule has 1 aliphatic rings. The average molecular weight is 352 g/mol. The SMILES string of the molecule is CC(C)(C)OC(=O)N1CCC/C(=C\c2cccc(Br)c2)C1. The molecule has 1 saturated heterocycles. The van der Waals surface area contributed by atoms with Gasteiger partial charge in [0.25, 0.3) is 0 Å². The van der Waals surface area contributed by atoms with Gasteiger partial charge in [0.05, 0.1) is 0 Å². The summed E-state index contributed by atoms with van der Waals surface area (Å²) in [5.74, 6) is 0. The Morgan fingerprint density at radius 2 is 2.14 bits per heavy atom. The standard InChI is InChI=1S/C17H22BrNO2/c1-17(2,3)21-16(20)19-9-5-7-14(12-19)10-13-6-4-8-15(18)11-13/h4,6,8,10-11H,5,7,9,12H2,1-3H3/b14-10+. The number of benzene rings is 1. The molecule has 0 unspecified atom stereocenters. The summed E-state index contributed by atoms with van der Waals surface area (Å²) in [5, 5.41) is 0. The normalized spacial score (nSPS) is 17.9. The Hall–Kier alpha value is -1.29. The van der Waals surface area contributed by atoms with Gasteiger partial charge in [-0.1, -0.05) is 39.7 Å². The molecule has 0 radical (unpaired) electrons. The first-order valence-electron chi connectivity index (χ1n) is 7.26. The molecule has 0 saturated carbocycles. The van der Waals surface area contributed by atoms with Gasteiger partial charge in [-0.25, -0.2) is 4.79 Å². The van der Waals surface area contributed by atoms with Crippen LogP contribution in [0.25, 0.3) is 6.08 Å². The van der Waals surface area contributed by atoms with E-state index in [0.29, 0.717) is 6.54 Å². The maximum atomic E-state index is 12.1. The Kier molecular flexibility index (Phi) is 5.09. The minimum Gasteiger partial charge on any atom is -0.444 e. The van der Waals surface area contributed by atoms with E-state index in [-0.39, 0.29) is 6.09 Å². The van der Waals surface area contributed by atoms with Crippen LogP contribution in [0.2, 0.25) is 0 Å². The first kappa shape index (κ1) is 16.1. The zero-order valence-electron chi connectivity index (χ0n) is 12.9. The van der Waals surface area contributed by atoms with Crippen LogP contribution in [0.15, 0.2) is 34.3 Å². The third-order valence-electron chi connectivity index (χ3n) is 3.19. The predicted octanol–water partition coefficient (Wildman–Crippen LogP) is 4.86. The van der Waals surface area contributed by atoms with Gasteiger partial charge in [0.15, 0.2) is 0 Å². The summed E-state index contributed by atoms with van der Waals surface area (Å²) < 4.78 is 6.51. The number of ether oxygens (including phenoxy) is 1. The molecule has 0 N–H and O–H groups in total. The van der Waals surface area contributed by atoms with E-state index in [9.17, 15) is 4.79 Å². The summed E-state index contributed by atoms with van der Waals surface area (Å²) in [6.07, 6.45) is 3.97. The minimum atomic E-state index is -0.442. The minimum absolute atomic E-state index is 0.220. The Morgan fingerprint density at radius 1 is 1.38 bits per heavy atom. The van der Waals surface area contributed by atoms with E-state index >= 15 is 0 Å². The number of hydrogen-bond acceptors (Lipinski definition) is 2. The Labute approximate surface area is 135 Å². The second-order valence-corrected chi connectivity index (χ2v) is 7.28. The molecule has 21 heavy (non-hydrogen) atoms. The first-order chi connectivity index (χ1) is 9.83. The van der Waals surface area contributed by atoms with Crippen molar-refractivity contribution in [1.29, 1.82) is 0 Å². The van der Waals surface area contributed by atoms with E-state index in [2.05, 4.69) is 34.1 Å². The molecule has 4 heteroatoms. The van der Waals surface area contributed by atoms with E-state index in [1.807, 2.05) is 32.9 Å². The molecule has 0 bridgehead atoms. The van der Waals surface area contributed by atoms with E-state index in [1.54, 1.807) is 4.90 Å². The fourth-order valence-corrected chi connectivity index (χ4v) is 2.75. The van der Waals surface area contributed by atoms with Gasteiger partial charge in [-0.15, -0.1) is 0 Å². The van der Waals surface area contributed by atoms with Gasteiger partial charge in [-0.05, 0) is 51.3 Å². The molecular formula is C17H22BrNO2. The third-order valence-corrected chi connectivity index (χ3v) is 3.68.